The Hall–Kier alpha value is -3.79. The first kappa shape index (κ1) is 20.5. The maximum absolute atomic E-state index is 13.3. The number of anilines is 1. The quantitative estimate of drug-likeness (QED) is 0.444. The van der Waals surface area contributed by atoms with Crippen LogP contribution in [0.1, 0.15) is 23.0 Å². The molecule has 1 N–H and O–H groups in total. The summed E-state index contributed by atoms with van der Waals surface area (Å²) in [4.78, 5) is 28.9. The summed E-state index contributed by atoms with van der Waals surface area (Å²) in [6.45, 7) is 2.03. The Morgan fingerprint density at radius 3 is 2.65 bits per heavy atom. The van der Waals surface area contributed by atoms with Crippen molar-refractivity contribution < 1.29 is 18.7 Å². The van der Waals surface area contributed by atoms with Crippen LogP contribution in [0.4, 0.5) is 9.52 Å². The normalized spacial score (nSPS) is 10.8. The van der Waals surface area contributed by atoms with Crippen LogP contribution < -0.4 is 5.32 Å². The third kappa shape index (κ3) is 4.53. The molecule has 0 saturated heterocycles. The molecule has 1 aromatic carbocycles. The lowest BCUT2D eigenvalue weighted by atomic mass is 10.3. The van der Waals surface area contributed by atoms with Gasteiger partial charge in [0.2, 0.25) is 0 Å². The van der Waals surface area contributed by atoms with E-state index in [1.807, 2.05) is 12.1 Å². The van der Waals surface area contributed by atoms with Crippen molar-refractivity contribution in [3.05, 3.63) is 77.4 Å². The van der Waals surface area contributed by atoms with E-state index in [0.29, 0.717) is 34.5 Å². The van der Waals surface area contributed by atoms with Crippen molar-refractivity contribution in [2.24, 2.45) is 0 Å². The molecule has 8 nitrogen and oxygen atoms in total. The van der Waals surface area contributed by atoms with Gasteiger partial charge in [0.1, 0.15) is 11.4 Å². The molecule has 158 valence electrons. The summed E-state index contributed by atoms with van der Waals surface area (Å²) < 4.78 is 21.6. The second-order valence-electron chi connectivity index (χ2n) is 6.44. The molecule has 0 unspecified atom stereocenters. The highest BCUT2D eigenvalue weighted by atomic mass is 32.1. The first-order valence-corrected chi connectivity index (χ1v) is 10.3. The van der Waals surface area contributed by atoms with Crippen LogP contribution in [0.25, 0.3) is 11.5 Å². The Balaban J connectivity index is 1.61. The van der Waals surface area contributed by atoms with Crippen molar-refractivity contribution in [3.63, 3.8) is 0 Å². The first-order chi connectivity index (χ1) is 15.0. The Morgan fingerprint density at radius 1 is 1.19 bits per heavy atom. The second kappa shape index (κ2) is 8.92. The molecule has 0 fully saturated rings. The molecule has 3 heterocycles. The highest BCUT2D eigenvalue weighted by Gasteiger charge is 2.21. The number of nitrogens with one attached hydrogen (secondary N) is 1. The summed E-state index contributed by atoms with van der Waals surface area (Å²) in [5.41, 5.74) is 1.43. The predicted octanol–water partition coefficient (Wildman–Crippen LogP) is 3.62. The van der Waals surface area contributed by atoms with E-state index in [-0.39, 0.29) is 18.2 Å². The van der Waals surface area contributed by atoms with Crippen molar-refractivity contribution in [2.45, 2.75) is 13.3 Å². The summed E-state index contributed by atoms with van der Waals surface area (Å²) in [6.07, 6.45) is 5.06. The number of aromatic nitrogens is 4. The summed E-state index contributed by atoms with van der Waals surface area (Å²) >= 11 is 1.21. The third-order valence-corrected chi connectivity index (χ3v) is 5.12. The number of benzene rings is 1. The molecule has 0 atom stereocenters. The van der Waals surface area contributed by atoms with Gasteiger partial charge in [-0.2, -0.15) is 5.10 Å². The Bertz CT molecular complexity index is 1200. The number of carbonyl (C=O) groups excluding carboxylic acids is 2. The van der Waals surface area contributed by atoms with Gasteiger partial charge in [0, 0.05) is 17.8 Å². The Morgan fingerprint density at radius 2 is 1.94 bits per heavy atom. The van der Waals surface area contributed by atoms with Gasteiger partial charge in [0.05, 0.1) is 30.6 Å². The van der Waals surface area contributed by atoms with Crippen molar-refractivity contribution >= 4 is 28.3 Å². The number of esters is 1. The molecule has 0 saturated carbocycles. The number of rotatable bonds is 7. The van der Waals surface area contributed by atoms with Gasteiger partial charge in [-0.1, -0.05) is 0 Å². The van der Waals surface area contributed by atoms with Crippen molar-refractivity contribution in [3.8, 4) is 11.5 Å². The Labute approximate surface area is 180 Å². The maximum Gasteiger partial charge on any atom is 0.311 e. The van der Waals surface area contributed by atoms with Gasteiger partial charge in [0.15, 0.2) is 10.9 Å². The van der Waals surface area contributed by atoms with E-state index >= 15 is 0 Å². The average molecular weight is 439 g/mol. The van der Waals surface area contributed by atoms with Crippen molar-refractivity contribution in [1.82, 2.24) is 19.3 Å². The molecule has 0 bridgehead atoms. The third-order valence-electron chi connectivity index (χ3n) is 4.31. The lowest BCUT2D eigenvalue weighted by Gasteiger charge is -2.10. The summed E-state index contributed by atoms with van der Waals surface area (Å²) in [5.74, 6) is -0.647. The zero-order valence-corrected chi connectivity index (χ0v) is 17.3. The molecule has 0 aliphatic rings. The van der Waals surface area contributed by atoms with Crippen LogP contribution >= 0.6 is 11.3 Å². The smallest absolute Gasteiger partial charge is 0.311 e. The van der Waals surface area contributed by atoms with Gasteiger partial charge in [-0.05, 0) is 43.3 Å². The second-order valence-corrected chi connectivity index (χ2v) is 7.30. The van der Waals surface area contributed by atoms with E-state index in [0.717, 1.165) is 0 Å². The standard InChI is InChI=1S/C21H18FN5O3S/c1-2-30-18(28)11-15-13-31-21(24-15)25-19(29)17-12-23-27(16-7-5-14(22)6-8-16)20(17)26-9-3-4-10-26/h3-10,12-13H,2,11H2,1H3,(H,24,25,29). The predicted molar refractivity (Wildman–Crippen MR) is 113 cm³/mol. The molecule has 0 spiro atoms. The SMILES string of the molecule is CCOC(=O)Cc1csc(NC(=O)c2cnn(-c3ccc(F)cc3)c2-n2cccc2)n1. The highest BCUT2D eigenvalue weighted by Crippen LogP contribution is 2.23. The largest absolute Gasteiger partial charge is 0.466 e. The molecule has 3 aromatic heterocycles. The van der Waals surface area contributed by atoms with Crippen molar-refractivity contribution in [1.29, 1.82) is 0 Å². The highest BCUT2D eigenvalue weighted by molar-refractivity contribution is 7.14. The first-order valence-electron chi connectivity index (χ1n) is 9.44. The van der Waals surface area contributed by atoms with E-state index in [4.69, 9.17) is 4.74 Å². The van der Waals surface area contributed by atoms with Gasteiger partial charge in [-0.25, -0.2) is 14.1 Å². The van der Waals surface area contributed by atoms with E-state index in [9.17, 15) is 14.0 Å². The zero-order chi connectivity index (χ0) is 21.8. The number of carbonyl (C=O) groups is 2. The molecular formula is C21H18FN5O3S. The minimum atomic E-state index is -0.408. The van der Waals surface area contributed by atoms with Crippen LogP contribution in [0.15, 0.2) is 60.4 Å². The molecule has 0 radical (unpaired) electrons. The number of hydrogen-bond acceptors (Lipinski definition) is 6. The van der Waals surface area contributed by atoms with Gasteiger partial charge < -0.3 is 9.30 Å². The van der Waals surface area contributed by atoms with E-state index in [1.165, 1.54) is 29.7 Å². The molecule has 10 heteroatoms. The molecule has 31 heavy (non-hydrogen) atoms. The van der Waals surface area contributed by atoms with Gasteiger partial charge in [0.25, 0.3) is 5.91 Å². The number of halogens is 1. The lowest BCUT2D eigenvalue weighted by Crippen LogP contribution is -2.15. The fourth-order valence-corrected chi connectivity index (χ4v) is 3.67. The fourth-order valence-electron chi connectivity index (χ4n) is 2.97. The van der Waals surface area contributed by atoms with Crippen molar-refractivity contribution in [2.75, 3.05) is 11.9 Å². The number of ether oxygens (including phenoxy) is 1. The number of nitrogens with zero attached hydrogens (tertiary/aromatic N) is 4. The molecule has 4 aromatic rings. The lowest BCUT2D eigenvalue weighted by molar-refractivity contribution is -0.142. The summed E-state index contributed by atoms with van der Waals surface area (Å²) in [6, 6.07) is 9.48. The Kier molecular flexibility index (Phi) is 5.89. The number of amides is 1. The van der Waals surface area contributed by atoms with Crippen LogP contribution in [-0.4, -0.2) is 37.8 Å². The summed E-state index contributed by atoms with van der Waals surface area (Å²) in [5, 5.41) is 9.14. The minimum absolute atomic E-state index is 0.0390. The van der Waals surface area contributed by atoms with Gasteiger partial charge in [-0.15, -0.1) is 11.3 Å². The number of thiazole rings is 1. The minimum Gasteiger partial charge on any atom is -0.466 e. The van der Waals surface area contributed by atoms with Gasteiger partial charge >= 0.3 is 5.97 Å². The number of hydrogen-bond donors (Lipinski definition) is 1. The van der Waals surface area contributed by atoms with Crippen LogP contribution in [0.3, 0.4) is 0 Å². The van der Waals surface area contributed by atoms with Crippen LogP contribution in [-0.2, 0) is 16.0 Å². The average Bonchev–Trinajstić information content (AvgIpc) is 3.49. The van der Waals surface area contributed by atoms with Crippen LogP contribution in [0, 0.1) is 5.82 Å². The van der Waals surface area contributed by atoms with E-state index in [2.05, 4.69) is 15.4 Å². The monoisotopic (exact) mass is 439 g/mol. The zero-order valence-electron chi connectivity index (χ0n) is 16.5. The van der Waals surface area contributed by atoms with Crippen LogP contribution in [0.2, 0.25) is 0 Å². The molecule has 0 aliphatic heterocycles. The fraction of sp³-hybridized carbons (Fsp3) is 0.143. The summed E-state index contributed by atoms with van der Waals surface area (Å²) in [7, 11) is 0. The topological polar surface area (TPSA) is 91.0 Å². The molecule has 1 amide bonds. The molecule has 4 rings (SSSR count). The molecular weight excluding hydrogens is 421 g/mol. The van der Waals surface area contributed by atoms with E-state index < -0.39 is 5.91 Å². The maximum atomic E-state index is 13.3. The molecule has 0 aliphatic carbocycles. The van der Waals surface area contributed by atoms with Crippen LogP contribution in [0.5, 0.6) is 0 Å². The van der Waals surface area contributed by atoms with Gasteiger partial charge in [-0.3, -0.25) is 14.9 Å². The van der Waals surface area contributed by atoms with E-state index in [1.54, 1.807) is 46.1 Å².